The monoisotopic (exact) mass is 330 g/mol. The maximum absolute atomic E-state index is 12.3. The van der Waals surface area contributed by atoms with E-state index in [2.05, 4.69) is 0 Å². The highest BCUT2D eigenvalue weighted by Gasteiger charge is 2.20. The molecule has 2 aromatic rings. The first-order valence-corrected chi connectivity index (χ1v) is 7.16. The van der Waals surface area contributed by atoms with Crippen LogP contribution in [0.4, 0.5) is 0 Å². The van der Waals surface area contributed by atoms with Gasteiger partial charge in [-0.2, -0.15) is 0 Å². The third-order valence-corrected chi connectivity index (χ3v) is 3.38. The van der Waals surface area contributed by atoms with E-state index in [1.165, 1.54) is 14.2 Å². The summed E-state index contributed by atoms with van der Waals surface area (Å²) in [4.78, 5) is 24.4. The molecular formula is C18H18O6. The lowest BCUT2D eigenvalue weighted by atomic mass is 10.1. The molecule has 0 heterocycles. The second kappa shape index (κ2) is 8.01. The largest absolute Gasteiger partial charge is 0.497 e. The lowest BCUT2D eigenvalue weighted by Gasteiger charge is -2.12. The summed E-state index contributed by atoms with van der Waals surface area (Å²) in [6.45, 7) is -0.383. The molecule has 0 radical (unpaired) electrons. The predicted octanol–water partition coefficient (Wildman–Crippen LogP) is 2.75. The van der Waals surface area contributed by atoms with Crippen LogP contribution in [0, 0.1) is 0 Å². The van der Waals surface area contributed by atoms with E-state index in [4.69, 9.17) is 18.9 Å². The van der Waals surface area contributed by atoms with Crippen molar-refractivity contribution in [2.24, 2.45) is 0 Å². The van der Waals surface area contributed by atoms with Gasteiger partial charge in [0, 0.05) is 5.56 Å². The minimum absolute atomic E-state index is 0.144. The number of carbonyl (C=O) groups is 2. The molecule has 0 unspecified atom stereocenters. The summed E-state index contributed by atoms with van der Waals surface area (Å²) in [5, 5.41) is 0. The summed E-state index contributed by atoms with van der Waals surface area (Å²) in [5.74, 6) is 0.265. The first kappa shape index (κ1) is 17.3. The Bertz CT molecular complexity index is 699. The Kier molecular flexibility index (Phi) is 5.78. The van der Waals surface area contributed by atoms with Crippen LogP contribution in [-0.2, 0) is 4.74 Å². The van der Waals surface area contributed by atoms with Crippen LogP contribution in [0.5, 0.6) is 17.2 Å². The van der Waals surface area contributed by atoms with E-state index < -0.39 is 5.97 Å². The molecule has 126 valence electrons. The fourth-order valence-electron chi connectivity index (χ4n) is 2.12. The van der Waals surface area contributed by atoms with Gasteiger partial charge in [-0.1, -0.05) is 6.07 Å². The molecule has 2 rings (SSSR count). The zero-order valence-corrected chi connectivity index (χ0v) is 13.7. The summed E-state index contributed by atoms with van der Waals surface area (Å²) >= 11 is 0. The molecule has 0 aliphatic carbocycles. The number of benzene rings is 2. The van der Waals surface area contributed by atoms with Crippen LogP contribution in [0.3, 0.4) is 0 Å². The van der Waals surface area contributed by atoms with Crippen LogP contribution in [0.2, 0.25) is 0 Å². The topological polar surface area (TPSA) is 71.1 Å². The average Bonchev–Trinajstić information content (AvgIpc) is 2.65. The fourth-order valence-corrected chi connectivity index (χ4v) is 2.12. The Balaban J connectivity index is 2.08. The number of methoxy groups -OCH3 is 3. The van der Waals surface area contributed by atoms with Crippen LogP contribution in [0.25, 0.3) is 0 Å². The molecule has 2 aromatic carbocycles. The SMILES string of the molecule is COc1ccc(C(=O)COC(=O)c2c(OC)cccc2OC)cc1. The van der Waals surface area contributed by atoms with Crippen molar-refractivity contribution in [2.75, 3.05) is 27.9 Å². The number of ketones is 1. The molecule has 0 aromatic heterocycles. The summed E-state index contributed by atoms with van der Waals surface area (Å²) in [7, 11) is 4.42. The molecule has 0 aliphatic heterocycles. The van der Waals surface area contributed by atoms with Crippen molar-refractivity contribution in [3.8, 4) is 17.2 Å². The first-order chi connectivity index (χ1) is 11.6. The summed E-state index contributed by atoms with van der Waals surface area (Å²) < 4.78 is 20.4. The maximum atomic E-state index is 12.3. The molecule has 0 saturated carbocycles. The fraction of sp³-hybridized carbons (Fsp3) is 0.222. The second-order valence-corrected chi connectivity index (χ2v) is 4.77. The van der Waals surface area contributed by atoms with E-state index in [1.807, 2.05) is 0 Å². The average molecular weight is 330 g/mol. The molecular weight excluding hydrogens is 312 g/mol. The van der Waals surface area contributed by atoms with Gasteiger partial charge in [0.2, 0.25) is 0 Å². The Labute approximate surface area is 139 Å². The van der Waals surface area contributed by atoms with E-state index in [0.717, 1.165) is 0 Å². The lowest BCUT2D eigenvalue weighted by Crippen LogP contribution is -2.15. The van der Waals surface area contributed by atoms with E-state index in [1.54, 1.807) is 49.6 Å². The Morgan fingerprint density at radius 1 is 0.833 bits per heavy atom. The number of esters is 1. The smallest absolute Gasteiger partial charge is 0.346 e. The number of Topliss-reactive ketones (excluding diaryl/α,β-unsaturated/α-hetero) is 1. The van der Waals surface area contributed by atoms with Gasteiger partial charge in [-0.15, -0.1) is 0 Å². The molecule has 0 bridgehead atoms. The molecule has 0 spiro atoms. The van der Waals surface area contributed by atoms with Crippen molar-refractivity contribution >= 4 is 11.8 Å². The Morgan fingerprint density at radius 3 is 1.92 bits per heavy atom. The van der Waals surface area contributed by atoms with Gasteiger partial charge in [-0.05, 0) is 36.4 Å². The Hall–Kier alpha value is -3.02. The highest BCUT2D eigenvalue weighted by atomic mass is 16.5. The number of ether oxygens (including phenoxy) is 4. The quantitative estimate of drug-likeness (QED) is 0.574. The minimum Gasteiger partial charge on any atom is -0.497 e. The van der Waals surface area contributed by atoms with Gasteiger partial charge in [-0.3, -0.25) is 4.79 Å². The number of rotatable bonds is 7. The van der Waals surface area contributed by atoms with Gasteiger partial charge in [-0.25, -0.2) is 4.79 Å². The van der Waals surface area contributed by atoms with Crippen molar-refractivity contribution in [2.45, 2.75) is 0 Å². The molecule has 0 atom stereocenters. The summed E-state index contributed by atoms with van der Waals surface area (Å²) in [5.41, 5.74) is 0.570. The lowest BCUT2D eigenvalue weighted by molar-refractivity contribution is 0.0468. The van der Waals surface area contributed by atoms with Crippen LogP contribution >= 0.6 is 0 Å². The molecule has 0 aliphatic rings. The van der Waals surface area contributed by atoms with Crippen LogP contribution in [-0.4, -0.2) is 39.7 Å². The van der Waals surface area contributed by atoms with Crippen molar-refractivity contribution in [1.82, 2.24) is 0 Å². The van der Waals surface area contributed by atoms with Crippen molar-refractivity contribution in [3.05, 3.63) is 53.6 Å². The van der Waals surface area contributed by atoms with Gasteiger partial charge in [0.1, 0.15) is 22.8 Å². The molecule has 0 N–H and O–H groups in total. The Morgan fingerprint density at radius 2 is 1.42 bits per heavy atom. The van der Waals surface area contributed by atoms with E-state index >= 15 is 0 Å². The molecule has 0 saturated heterocycles. The van der Waals surface area contributed by atoms with E-state index in [0.29, 0.717) is 22.8 Å². The minimum atomic E-state index is -0.689. The van der Waals surface area contributed by atoms with E-state index in [-0.39, 0.29) is 18.0 Å². The molecule has 6 nitrogen and oxygen atoms in total. The van der Waals surface area contributed by atoms with Gasteiger partial charge < -0.3 is 18.9 Å². The third-order valence-electron chi connectivity index (χ3n) is 3.38. The van der Waals surface area contributed by atoms with Crippen LogP contribution < -0.4 is 14.2 Å². The van der Waals surface area contributed by atoms with Gasteiger partial charge in [0.25, 0.3) is 0 Å². The highest BCUT2D eigenvalue weighted by Crippen LogP contribution is 2.28. The molecule has 0 amide bonds. The second-order valence-electron chi connectivity index (χ2n) is 4.77. The predicted molar refractivity (Wildman–Crippen MR) is 87.2 cm³/mol. The number of hydrogen-bond acceptors (Lipinski definition) is 6. The van der Waals surface area contributed by atoms with Crippen molar-refractivity contribution in [1.29, 1.82) is 0 Å². The van der Waals surface area contributed by atoms with Crippen LogP contribution in [0.1, 0.15) is 20.7 Å². The zero-order chi connectivity index (χ0) is 17.5. The molecule has 24 heavy (non-hydrogen) atoms. The number of carbonyl (C=O) groups excluding carboxylic acids is 2. The van der Waals surface area contributed by atoms with Gasteiger partial charge in [0.05, 0.1) is 21.3 Å². The van der Waals surface area contributed by atoms with Crippen molar-refractivity contribution in [3.63, 3.8) is 0 Å². The highest BCUT2D eigenvalue weighted by molar-refractivity contribution is 6.01. The standard InChI is InChI=1S/C18H18O6/c1-21-13-9-7-12(8-10-13)14(19)11-24-18(20)17-15(22-2)5-4-6-16(17)23-3/h4-10H,11H2,1-3H3. The third kappa shape index (κ3) is 3.84. The number of hydrogen-bond donors (Lipinski definition) is 0. The van der Waals surface area contributed by atoms with E-state index in [9.17, 15) is 9.59 Å². The van der Waals surface area contributed by atoms with Gasteiger partial charge in [0.15, 0.2) is 12.4 Å². The molecule has 0 fully saturated rings. The normalized spacial score (nSPS) is 9.96. The van der Waals surface area contributed by atoms with Crippen molar-refractivity contribution < 1.29 is 28.5 Å². The van der Waals surface area contributed by atoms with Crippen LogP contribution in [0.15, 0.2) is 42.5 Å². The molecule has 6 heteroatoms. The first-order valence-electron chi connectivity index (χ1n) is 7.16. The maximum Gasteiger partial charge on any atom is 0.346 e. The summed E-state index contributed by atoms with van der Waals surface area (Å²) in [6.07, 6.45) is 0. The zero-order valence-electron chi connectivity index (χ0n) is 13.7. The van der Waals surface area contributed by atoms with Gasteiger partial charge >= 0.3 is 5.97 Å². The summed E-state index contributed by atoms with van der Waals surface area (Å²) in [6, 6.07) is 11.5.